The van der Waals surface area contributed by atoms with Crippen LogP contribution in [0.3, 0.4) is 0 Å². The van der Waals surface area contributed by atoms with Crippen molar-refractivity contribution >= 4 is 23.3 Å². The van der Waals surface area contributed by atoms with Crippen LogP contribution in [-0.4, -0.2) is 30.7 Å². The van der Waals surface area contributed by atoms with Crippen LogP contribution in [0.25, 0.3) is 5.69 Å². The summed E-state index contributed by atoms with van der Waals surface area (Å²) in [5.41, 5.74) is 2.36. The minimum Gasteiger partial charge on any atom is -0.305 e. The Kier molecular flexibility index (Phi) is 5.58. The Balaban J connectivity index is 1.49. The van der Waals surface area contributed by atoms with Crippen molar-refractivity contribution in [2.75, 3.05) is 5.32 Å². The molecule has 0 bridgehead atoms. The van der Waals surface area contributed by atoms with Crippen LogP contribution in [0.4, 0.5) is 10.2 Å². The minimum atomic E-state index is -0.528. The number of halogens is 2. The molecule has 0 unspecified atom stereocenters. The van der Waals surface area contributed by atoms with Crippen LogP contribution in [0.5, 0.6) is 0 Å². The quantitative estimate of drug-likeness (QED) is 0.506. The second-order valence-corrected chi connectivity index (χ2v) is 7.07. The number of amides is 1. The SMILES string of the molecule is Cc1c(C(=O)Nc2ccnn2CCc2ccccc2)nnn1-c1ccc(F)c(Cl)c1. The molecule has 2 aromatic heterocycles. The zero-order valence-electron chi connectivity index (χ0n) is 16.1. The number of carbonyl (C=O) groups excluding carboxylic acids is 1. The zero-order chi connectivity index (χ0) is 21.1. The van der Waals surface area contributed by atoms with Gasteiger partial charge in [-0.15, -0.1) is 5.10 Å². The molecule has 4 rings (SSSR count). The average molecular weight is 425 g/mol. The Labute approximate surface area is 177 Å². The summed E-state index contributed by atoms with van der Waals surface area (Å²) in [5, 5.41) is 15.1. The smallest absolute Gasteiger partial charge is 0.279 e. The Morgan fingerprint density at radius 3 is 2.73 bits per heavy atom. The van der Waals surface area contributed by atoms with Gasteiger partial charge in [0.2, 0.25) is 0 Å². The summed E-state index contributed by atoms with van der Waals surface area (Å²) in [6.45, 7) is 2.32. The molecule has 152 valence electrons. The van der Waals surface area contributed by atoms with Crippen molar-refractivity contribution in [3.8, 4) is 5.69 Å². The lowest BCUT2D eigenvalue weighted by Crippen LogP contribution is -2.18. The summed E-state index contributed by atoms with van der Waals surface area (Å²) in [7, 11) is 0. The lowest BCUT2D eigenvalue weighted by Gasteiger charge is -2.09. The van der Waals surface area contributed by atoms with Crippen molar-refractivity contribution in [3.63, 3.8) is 0 Å². The summed E-state index contributed by atoms with van der Waals surface area (Å²) in [5.74, 6) is -0.372. The first kappa shape index (κ1) is 19.8. The molecule has 4 aromatic rings. The topological polar surface area (TPSA) is 77.6 Å². The van der Waals surface area contributed by atoms with Crippen LogP contribution in [0.15, 0.2) is 60.8 Å². The predicted octanol–water partition coefficient (Wildman–Crippen LogP) is 4.06. The first-order valence-corrected chi connectivity index (χ1v) is 9.65. The van der Waals surface area contributed by atoms with E-state index in [-0.39, 0.29) is 10.7 Å². The number of nitrogens with zero attached hydrogens (tertiary/aromatic N) is 5. The minimum absolute atomic E-state index is 0.0317. The highest BCUT2D eigenvalue weighted by atomic mass is 35.5. The highest BCUT2D eigenvalue weighted by Crippen LogP contribution is 2.20. The number of anilines is 1. The summed E-state index contributed by atoms with van der Waals surface area (Å²) in [4.78, 5) is 12.8. The van der Waals surface area contributed by atoms with Crippen molar-refractivity contribution in [2.45, 2.75) is 19.9 Å². The molecule has 1 N–H and O–H groups in total. The molecular weight excluding hydrogens is 407 g/mol. The molecule has 30 heavy (non-hydrogen) atoms. The van der Waals surface area contributed by atoms with Gasteiger partial charge in [0.15, 0.2) is 5.69 Å². The van der Waals surface area contributed by atoms with Gasteiger partial charge in [0.25, 0.3) is 5.91 Å². The Hall–Kier alpha value is -3.52. The van der Waals surface area contributed by atoms with E-state index in [1.807, 2.05) is 30.3 Å². The van der Waals surface area contributed by atoms with E-state index in [2.05, 4.69) is 20.7 Å². The van der Waals surface area contributed by atoms with Crippen molar-refractivity contribution in [3.05, 3.63) is 88.6 Å². The number of nitrogens with one attached hydrogen (secondary N) is 1. The molecule has 0 fully saturated rings. The van der Waals surface area contributed by atoms with Gasteiger partial charge >= 0.3 is 0 Å². The van der Waals surface area contributed by atoms with Gasteiger partial charge in [-0.3, -0.25) is 4.79 Å². The predicted molar refractivity (Wildman–Crippen MR) is 111 cm³/mol. The van der Waals surface area contributed by atoms with Crippen LogP contribution in [0, 0.1) is 12.7 Å². The first-order valence-electron chi connectivity index (χ1n) is 9.28. The third-order valence-corrected chi connectivity index (χ3v) is 4.96. The molecule has 2 heterocycles. The lowest BCUT2D eigenvalue weighted by molar-refractivity contribution is 0.102. The monoisotopic (exact) mass is 424 g/mol. The first-order chi connectivity index (χ1) is 14.5. The molecule has 0 aliphatic heterocycles. The zero-order valence-corrected chi connectivity index (χ0v) is 16.8. The summed E-state index contributed by atoms with van der Waals surface area (Å²) in [6.07, 6.45) is 2.41. The number of aryl methyl sites for hydroxylation is 2. The fraction of sp³-hybridized carbons (Fsp3) is 0.143. The van der Waals surface area contributed by atoms with E-state index in [0.29, 0.717) is 23.7 Å². The fourth-order valence-electron chi connectivity index (χ4n) is 3.07. The van der Waals surface area contributed by atoms with Gasteiger partial charge in [0.1, 0.15) is 11.6 Å². The molecule has 9 heteroatoms. The molecule has 0 aliphatic carbocycles. The lowest BCUT2D eigenvalue weighted by atomic mass is 10.1. The molecule has 0 aliphatic rings. The van der Waals surface area contributed by atoms with E-state index in [9.17, 15) is 9.18 Å². The Bertz CT molecular complexity index is 1190. The van der Waals surface area contributed by atoms with Gasteiger partial charge < -0.3 is 5.32 Å². The molecule has 0 atom stereocenters. The number of hydrogen-bond acceptors (Lipinski definition) is 4. The van der Waals surface area contributed by atoms with Gasteiger partial charge in [0.05, 0.1) is 22.6 Å². The molecule has 1 amide bonds. The molecule has 0 saturated heterocycles. The standard InChI is InChI=1S/C21H18ClFN6O/c1-14-20(26-27-29(14)16-7-8-18(23)17(22)13-16)21(30)25-19-9-11-24-28(19)12-10-15-5-3-2-4-6-15/h2-9,11,13H,10,12H2,1H3,(H,25,30). The third kappa shape index (κ3) is 4.08. The van der Waals surface area contributed by atoms with E-state index >= 15 is 0 Å². The molecule has 0 saturated carbocycles. The maximum atomic E-state index is 13.4. The largest absolute Gasteiger partial charge is 0.305 e. The Morgan fingerprint density at radius 1 is 1.17 bits per heavy atom. The number of benzene rings is 2. The highest BCUT2D eigenvalue weighted by molar-refractivity contribution is 6.30. The molecular formula is C21H18ClFN6O. The maximum absolute atomic E-state index is 13.4. The van der Waals surface area contributed by atoms with Crippen molar-refractivity contribution in [1.29, 1.82) is 0 Å². The second kappa shape index (κ2) is 8.46. The van der Waals surface area contributed by atoms with E-state index in [1.165, 1.54) is 28.4 Å². The van der Waals surface area contributed by atoms with Crippen molar-refractivity contribution in [1.82, 2.24) is 24.8 Å². The fourth-order valence-corrected chi connectivity index (χ4v) is 3.25. The highest BCUT2D eigenvalue weighted by Gasteiger charge is 2.19. The number of carbonyl (C=O) groups is 1. The van der Waals surface area contributed by atoms with Crippen LogP contribution in [0.1, 0.15) is 21.7 Å². The summed E-state index contributed by atoms with van der Waals surface area (Å²) >= 11 is 5.85. The number of hydrogen-bond donors (Lipinski definition) is 1. The third-order valence-electron chi connectivity index (χ3n) is 4.67. The van der Waals surface area contributed by atoms with Gasteiger partial charge in [-0.25, -0.2) is 13.8 Å². The van der Waals surface area contributed by atoms with Crippen molar-refractivity contribution in [2.24, 2.45) is 0 Å². The normalized spacial score (nSPS) is 10.9. The van der Waals surface area contributed by atoms with E-state index in [1.54, 1.807) is 23.9 Å². The van der Waals surface area contributed by atoms with Crippen LogP contribution < -0.4 is 5.32 Å². The van der Waals surface area contributed by atoms with Crippen LogP contribution in [0.2, 0.25) is 5.02 Å². The number of rotatable bonds is 6. The molecule has 0 radical (unpaired) electrons. The van der Waals surface area contributed by atoms with Gasteiger partial charge in [-0.05, 0) is 37.1 Å². The van der Waals surface area contributed by atoms with Gasteiger partial charge in [0, 0.05) is 12.6 Å². The Morgan fingerprint density at radius 2 is 1.97 bits per heavy atom. The van der Waals surface area contributed by atoms with Crippen LogP contribution in [-0.2, 0) is 13.0 Å². The van der Waals surface area contributed by atoms with Crippen molar-refractivity contribution < 1.29 is 9.18 Å². The summed E-state index contributed by atoms with van der Waals surface area (Å²) < 4.78 is 16.6. The van der Waals surface area contributed by atoms with E-state index < -0.39 is 11.7 Å². The average Bonchev–Trinajstić information content (AvgIpc) is 3.35. The molecule has 0 spiro atoms. The number of aromatic nitrogens is 5. The molecule has 2 aromatic carbocycles. The molecule has 7 nitrogen and oxygen atoms in total. The summed E-state index contributed by atoms with van der Waals surface area (Å²) in [6, 6.07) is 16.0. The van der Waals surface area contributed by atoms with Crippen LogP contribution >= 0.6 is 11.6 Å². The van der Waals surface area contributed by atoms with E-state index in [0.717, 1.165) is 6.42 Å². The van der Waals surface area contributed by atoms with Gasteiger partial charge in [-0.2, -0.15) is 5.10 Å². The maximum Gasteiger partial charge on any atom is 0.279 e. The second-order valence-electron chi connectivity index (χ2n) is 6.66. The van der Waals surface area contributed by atoms with Gasteiger partial charge in [-0.1, -0.05) is 47.1 Å². The van der Waals surface area contributed by atoms with E-state index in [4.69, 9.17) is 11.6 Å².